The average molecular weight is 231 g/mol. The Morgan fingerprint density at radius 2 is 1.88 bits per heavy atom. The Bertz CT molecular complexity index is 241. The second-order valence-electron chi connectivity index (χ2n) is 4.20. The summed E-state index contributed by atoms with van der Waals surface area (Å²) in [5, 5.41) is 24.3. The minimum absolute atomic E-state index is 0.0767. The zero-order valence-electron chi connectivity index (χ0n) is 9.82. The van der Waals surface area contributed by atoms with Crippen molar-refractivity contribution >= 4 is 12.0 Å². The van der Waals surface area contributed by atoms with E-state index in [0.717, 1.165) is 0 Å². The fourth-order valence-electron chi connectivity index (χ4n) is 1.14. The van der Waals surface area contributed by atoms with Crippen LogP contribution in [0.2, 0.25) is 0 Å². The molecule has 16 heavy (non-hydrogen) atoms. The minimum atomic E-state index is -1.30. The zero-order chi connectivity index (χ0) is 12.7. The van der Waals surface area contributed by atoms with Crippen molar-refractivity contribution in [3.8, 4) is 0 Å². The van der Waals surface area contributed by atoms with Crippen LogP contribution < -0.4 is 15.7 Å². The maximum Gasteiger partial charge on any atom is 0.315 e. The second kappa shape index (κ2) is 7.05. The van der Waals surface area contributed by atoms with Crippen LogP contribution in [0.3, 0.4) is 0 Å². The van der Waals surface area contributed by atoms with Crippen molar-refractivity contribution < 1.29 is 19.8 Å². The van der Waals surface area contributed by atoms with Crippen molar-refractivity contribution in [3.63, 3.8) is 0 Å². The number of carbonyl (C=O) groups is 2. The van der Waals surface area contributed by atoms with E-state index in [2.05, 4.69) is 10.6 Å². The Kier molecular flexibility index (Phi) is 6.48. The summed E-state index contributed by atoms with van der Waals surface area (Å²) in [5.41, 5.74) is 0. The van der Waals surface area contributed by atoms with Gasteiger partial charge in [0.2, 0.25) is 0 Å². The molecule has 0 aromatic rings. The molecule has 2 atom stereocenters. The molecule has 0 rings (SSSR count). The molecule has 0 aromatic heterocycles. The third kappa shape index (κ3) is 7.05. The second-order valence-corrected chi connectivity index (χ2v) is 4.20. The van der Waals surface area contributed by atoms with E-state index in [4.69, 9.17) is 5.11 Å². The lowest BCUT2D eigenvalue weighted by Gasteiger charge is -2.21. The first-order valence-electron chi connectivity index (χ1n) is 5.26. The number of aliphatic hydroxyl groups is 1. The zero-order valence-corrected chi connectivity index (χ0v) is 9.82. The van der Waals surface area contributed by atoms with E-state index < -0.39 is 24.1 Å². The molecular weight excluding hydrogens is 212 g/mol. The number of carbonyl (C=O) groups excluding carboxylic acids is 2. The Morgan fingerprint density at radius 3 is 2.25 bits per heavy atom. The van der Waals surface area contributed by atoms with Crippen LogP contribution in [0.1, 0.15) is 27.2 Å². The monoisotopic (exact) mass is 231 g/mol. The predicted octanol–water partition coefficient (Wildman–Crippen LogP) is -1.17. The van der Waals surface area contributed by atoms with Gasteiger partial charge in [-0.15, -0.1) is 0 Å². The molecule has 0 aromatic carbocycles. The smallest absolute Gasteiger partial charge is 0.315 e. The molecule has 0 saturated heterocycles. The van der Waals surface area contributed by atoms with Crippen LogP contribution in [-0.4, -0.2) is 35.8 Å². The molecule has 6 nitrogen and oxygen atoms in total. The van der Waals surface area contributed by atoms with Crippen molar-refractivity contribution in [2.24, 2.45) is 5.92 Å². The molecule has 3 N–H and O–H groups in total. The SMILES string of the molecule is CC(C)C[C@@H](NC(=O)NC[C@@H](C)O)C(=O)[O-]. The number of carboxylic acid groups (broad SMARTS) is 1. The summed E-state index contributed by atoms with van der Waals surface area (Å²) in [5.74, 6) is -1.17. The van der Waals surface area contributed by atoms with E-state index in [1.165, 1.54) is 6.92 Å². The molecule has 0 aliphatic heterocycles. The molecule has 0 heterocycles. The lowest BCUT2D eigenvalue weighted by molar-refractivity contribution is -0.308. The van der Waals surface area contributed by atoms with Gasteiger partial charge >= 0.3 is 6.03 Å². The number of hydrogen-bond acceptors (Lipinski definition) is 4. The average Bonchev–Trinajstić information content (AvgIpc) is 2.12. The van der Waals surface area contributed by atoms with E-state index in [1.54, 1.807) is 0 Å². The fourth-order valence-corrected chi connectivity index (χ4v) is 1.14. The molecule has 0 radical (unpaired) electrons. The molecule has 94 valence electrons. The summed E-state index contributed by atoms with van der Waals surface area (Å²) in [4.78, 5) is 21.9. The van der Waals surface area contributed by atoms with Gasteiger partial charge < -0.3 is 25.6 Å². The molecule has 0 bridgehead atoms. The summed E-state index contributed by atoms with van der Waals surface area (Å²) in [6, 6.07) is -1.62. The summed E-state index contributed by atoms with van der Waals surface area (Å²) >= 11 is 0. The van der Waals surface area contributed by atoms with Crippen molar-refractivity contribution in [1.29, 1.82) is 0 Å². The van der Waals surface area contributed by atoms with Crippen LogP contribution in [0.5, 0.6) is 0 Å². The summed E-state index contributed by atoms with van der Waals surface area (Å²) in [6.07, 6.45) is -0.359. The molecule has 2 amide bonds. The fraction of sp³-hybridized carbons (Fsp3) is 0.800. The van der Waals surface area contributed by atoms with E-state index in [-0.39, 0.29) is 12.5 Å². The number of aliphatic carboxylic acids is 1. The molecule has 0 saturated carbocycles. The molecule has 6 heteroatoms. The van der Waals surface area contributed by atoms with E-state index in [9.17, 15) is 14.7 Å². The lowest BCUT2D eigenvalue weighted by Crippen LogP contribution is -2.52. The normalized spacial score (nSPS) is 14.3. The topological polar surface area (TPSA) is 101 Å². The van der Waals surface area contributed by atoms with Gasteiger partial charge in [0, 0.05) is 6.54 Å². The van der Waals surface area contributed by atoms with Gasteiger partial charge in [-0.3, -0.25) is 0 Å². The van der Waals surface area contributed by atoms with Gasteiger partial charge in [-0.05, 0) is 19.3 Å². The highest BCUT2D eigenvalue weighted by molar-refractivity contribution is 5.81. The van der Waals surface area contributed by atoms with Crippen molar-refractivity contribution in [2.45, 2.75) is 39.3 Å². The highest BCUT2D eigenvalue weighted by Crippen LogP contribution is 2.03. The molecule has 0 aliphatic carbocycles. The Hall–Kier alpha value is -1.30. The van der Waals surface area contributed by atoms with Crippen LogP contribution in [0.15, 0.2) is 0 Å². The van der Waals surface area contributed by atoms with Gasteiger partial charge in [0.05, 0.1) is 18.1 Å². The molecular formula is C10H19N2O4-. The van der Waals surface area contributed by atoms with Crippen LogP contribution >= 0.6 is 0 Å². The quantitative estimate of drug-likeness (QED) is 0.536. The number of amides is 2. The van der Waals surface area contributed by atoms with Crippen LogP contribution in [0.25, 0.3) is 0 Å². The van der Waals surface area contributed by atoms with E-state index in [0.29, 0.717) is 6.42 Å². The number of rotatable bonds is 6. The molecule has 0 unspecified atom stereocenters. The van der Waals surface area contributed by atoms with Crippen LogP contribution in [-0.2, 0) is 4.79 Å². The third-order valence-corrected chi connectivity index (χ3v) is 1.85. The minimum Gasteiger partial charge on any atom is -0.548 e. The first kappa shape index (κ1) is 14.7. The maximum atomic E-state index is 11.2. The van der Waals surface area contributed by atoms with Gasteiger partial charge in [-0.2, -0.15) is 0 Å². The standard InChI is InChI=1S/C10H20N2O4/c1-6(2)4-8(9(14)15)12-10(16)11-5-7(3)13/h6-8,13H,4-5H2,1-3H3,(H,14,15)(H2,11,12,16)/p-1/t7-,8-/m1/s1. The van der Waals surface area contributed by atoms with Crippen molar-refractivity contribution in [3.05, 3.63) is 0 Å². The first-order chi connectivity index (χ1) is 7.32. The molecule has 0 fully saturated rings. The van der Waals surface area contributed by atoms with Crippen LogP contribution in [0.4, 0.5) is 4.79 Å². The number of carboxylic acids is 1. The predicted molar refractivity (Wildman–Crippen MR) is 56.5 cm³/mol. The Labute approximate surface area is 95.0 Å². The summed E-state index contributed by atoms with van der Waals surface area (Å²) in [7, 11) is 0. The van der Waals surface area contributed by atoms with E-state index >= 15 is 0 Å². The van der Waals surface area contributed by atoms with Gasteiger partial charge in [-0.1, -0.05) is 13.8 Å². The van der Waals surface area contributed by atoms with Gasteiger partial charge in [0.25, 0.3) is 0 Å². The summed E-state index contributed by atoms with van der Waals surface area (Å²) in [6.45, 7) is 5.30. The van der Waals surface area contributed by atoms with Gasteiger partial charge in [0.15, 0.2) is 0 Å². The Balaban J connectivity index is 4.08. The lowest BCUT2D eigenvalue weighted by atomic mass is 10.0. The van der Waals surface area contributed by atoms with Crippen molar-refractivity contribution in [1.82, 2.24) is 10.6 Å². The van der Waals surface area contributed by atoms with Gasteiger partial charge in [0.1, 0.15) is 0 Å². The summed E-state index contributed by atoms with van der Waals surface area (Å²) < 4.78 is 0. The van der Waals surface area contributed by atoms with Crippen LogP contribution in [0, 0.1) is 5.92 Å². The third-order valence-electron chi connectivity index (χ3n) is 1.85. The highest BCUT2D eigenvalue weighted by Gasteiger charge is 2.14. The number of urea groups is 1. The van der Waals surface area contributed by atoms with Crippen molar-refractivity contribution in [2.75, 3.05) is 6.54 Å². The highest BCUT2D eigenvalue weighted by atomic mass is 16.4. The maximum absolute atomic E-state index is 11.2. The largest absolute Gasteiger partial charge is 0.548 e. The molecule has 0 spiro atoms. The van der Waals surface area contributed by atoms with E-state index in [1.807, 2.05) is 13.8 Å². The van der Waals surface area contributed by atoms with Gasteiger partial charge in [-0.25, -0.2) is 4.79 Å². The molecule has 0 aliphatic rings. The Morgan fingerprint density at radius 1 is 1.31 bits per heavy atom. The number of aliphatic hydroxyl groups excluding tert-OH is 1. The number of nitrogens with one attached hydrogen (secondary N) is 2. The first-order valence-corrected chi connectivity index (χ1v) is 5.26. The number of hydrogen-bond donors (Lipinski definition) is 3.